The van der Waals surface area contributed by atoms with Crippen molar-refractivity contribution in [2.75, 3.05) is 13.2 Å². The second kappa shape index (κ2) is 8.92. The fourth-order valence-corrected chi connectivity index (χ4v) is 3.33. The zero-order valence-corrected chi connectivity index (χ0v) is 16.6. The summed E-state index contributed by atoms with van der Waals surface area (Å²) in [5.41, 5.74) is -1.81. The van der Waals surface area contributed by atoms with Gasteiger partial charge in [0.1, 0.15) is 5.56 Å². The molecule has 3 aromatic rings. The molecule has 1 aliphatic heterocycles. The van der Waals surface area contributed by atoms with E-state index in [-0.39, 0.29) is 36.9 Å². The molecule has 31 heavy (non-hydrogen) atoms. The van der Waals surface area contributed by atoms with Gasteiger partial charge in [-0.05, 0) is 25.0 Å². The summed E-state index contributed by atoms with van der Waals surface area (Å²) in [6, 6.07) is 4.63. The molecule has 4 heterocycles. The van der Waals surface area contributed by atoms with Crippen molar-refractivity contribution in [3.8, 4) is 5.82 Å². The highest BCUT2D eigenvalue weighted by atomic mass is 16.5. The molecule has 0 spiro atoms. The summed E-state index contributed by atoms with van der Waals surface area (Å²) in [5, 5.41) is 10.9. The molecule has 0 saturated carbocycles. The summed E-state index contributed by atoms with van der Waals surface area (Å²) in [5.74, 6) is -0.202. The Kier molecular flexibility index (Phi) is 5.89. The third kappa shape index (κ3) is 4.53. The standard InChI is InChI=1S/C19H21N7O5/c27-16-5-4-15(25-8-2-6-22-25)23-26(16)9-7-20-17(28)14-11-21-19(30)24(18(14)29)12-13-3-1-10-31-13/h2,4-6,8,11,13H,1,3,7,9-10,12H2,(H,20,28)(H,21,30). The van der Waals surface area contributed by atoms with E-state index in [2.05, 4.69) is 20.5 Å². The van der Waals surface area contributed by atoms with Gasteiger partial charge >= 0.3 is 5.69 Å². The summed E-state index contributed by atoms with van der Waals surface area (Å²) >= 11 is 0. The van der Waals surface area contributed by atoms with Crippen LogP contribution in [0.2, 0.25) is 0 Å². The number of aromatic amines is 1. The number of H-pyrrole nitrogens is 1. The first kappa shape index (κ1) is 20.5. The molecule has 12 nitrogen and oxygen atoms in total. The maximum Gasteiger partial charge on any atom is 0.328 e. The fraction of sp³-hybridized carbons (Fsp3) is 0.368. The van der Waals surface area contributed by atoms with Gasteiger partial charge in [-0.25, -0.2) is 14.2 Å². The van der Waals surface area contributed by atoms with Crippen molar-refractivity contribution in [2.24, 2.45) is 0 Å². The van der Waals surface area contributed by atoms with E-state index in [1.807, 2.05) is 0 Å². The van der Waals surface area contributed by atoms with Crippen LogP contribution >= 0.6 is 0 Å². The highest BCUT2D eigenvalue weighted by Crippen LogP contribution is 2.12. The van der Waals surface area contributed by atoms with Crippen molar-refractivity contribution < 1.29 is 9.53 Å². The van der Waals surface area contributed by atoms with E-state index in [4.69, 9.17) is 4.74 Å². The maximum atomic E-state index is 12.6. The van der Waals surface area contributed by atoms with Crippen molar-refractivity contribution in [3.63, 3.8) is 0 Å². The highest BCUT2D eigenvalue weighted by molar-refractivity contribution is 5.93. The molecule has 1 atom stereocenters. The van der Waals surface area contributed by atoms with E-state index in [0.717, 1.165) is 23.6 Å². The van der Waals surface area contributed by atoms with Crippen LogP contribution < -0.4 is 22.1 Å². The minimum Gasteiger partial charge on any atom is -0.376 e. The first-order chi connectivity index (χ1) is 15.0. The lowest BCUT2D eigenvalue weighted by atomic mass is 10.2. The van der Waals surface area contributed by atoms with Crippen LogP contribution in [0, 0.1) is 0 Å². The number of nitrogens with one attached hydrogen (secondary N) is 2. The Morgan fingerprint density at radius 2 is 2.16 bits per heavy atom. The predicted octanol–water partition coefficient (Wildman–Crippen LogP) is -1.11. The van der Waals surface area contributed by atoms with Gasteiger partial charge in [-0.1, -0.05) is 0 Å². The summed E-state index contributed by atoms with van der Waals surface area (Å²) in [7, 11) is 0. The summed E-state index contributed by atoms with van der Waals surface area (Å²) in [6.07, 6.45) is 5.77. The van der Waals surface area contributed by atoms with E-state index in [1.54, 1.807) is 24.5 Å². The van der Waals surface area contributed by atoms with Crippen molar-refractivity contribution >= 4 is 5.91 Å². The second-order valence-corrected chi connectivity index (χ2v) is 7.02. The van der Waals surface area contributed by atoms with Gasteiger partial charge < -0.3 is 15.0 Å². The molecule has 3 aromatic heterocycles. The average Bonchev–Trinajstić information content (AvgIpc) is 3.47. The first-order valence-electron chi connectivity index (χ1n) is 9.83. The van der Waals surface area contributed by atoms with Gasteiger partial charge in [-0.3, -0.25) is 19.0 Å². The average molecular weight is 427 g/mol. The minimum atomic E-state index is -0.687. The molecule has 1 fully saturated rings. The molecule has 0 aliphatic carbocycles. The largest absolute Gasteiger partial charge is 0.376 e. The molecule has 0 aromatic carbocycles. The van der Waals surface area contributed by atoms with E-state index in [9.17, 15) is 19.2 Å². The van der Waals surface area contributed by atoms with Crippen molar-refractivity contribution in [2.45, 2.75) is 32.0 Å². The topological polar surface area (TPSA) is 146 Å². The Labute approximate surface area is 175 Å². The zero-order valence-electron chi connectivity index (χ0n) is 16.6. The third-order valence-electron chi connectivity index (χ3n) is 4.92. The van der Waals surface area contributed by atoms with Crippen molar-refractivity contribution in [1.82, 2.24) is 34.4 Å². The molecule has 162 valence electrons. The molecule has 1 unspecified atom stereocenters. The number of hydrogen-bond acceptors (Lipinski definition) is 7. The van der Waals surface area contributed by atoms with Crippen LogP contribution in [-0.2, 0) is 17.8 Å². The van der Waals surface area contributed by atoms with E-state index in [1.165, 1.54) is 15.4 Å². The van der Waals surface area contributed by atoms with E-state index in [0.29, 0.717) is 12.4 Å². The van der Waals surface area contributed by atoms with Gasteiger partial charge in [-0.2, -0.15) is 5.10 Å². The van der Waals surface area contributed by atoms with E-state index < -0.39 is 17.2 Å². The number of amides is 1. The number of ether oxygens (including phenoxy) is 1. The number of carbonyl (C=O) groups is 1. The van der Waals surface area contributed by atoms with Crippen LogP contribution in [0.15, 0.2) is 51.2 Å². The van der Waals surface area contributed by atoms with Crippen LogP contribution in [0.1, 0.15) is 23.2 Å². The lowest BCUT2D eigenvalue weighted by Crippen LogP contribution is -2.43. The molecule has 1 saturated heterocycles. The molecule has 2 N–H and O–H groups in total. The van der Waals surface area contributed by atoms with Crippen LogP contribution in [0.4, 0.5) is 0 Å². The molecular weight excluding hydrogens is 406 g/mol. The fourth-order valence-electron chi connectivity index (χ4n) is 3.33. The Morgan fingerprint density at radius 3 is 2.90 bits per heavy atom. The Balaban J connectivity index is 1.44. The lowest BCUT2D eigenvalue weighted by molar-refractivity contribution is 0.0922. The van der Waals surface area contributed by atoms with Gasteiger partial charge in [0.15, 0.2) is 5.82 Å². The third-order valence-corrected chi connectivity index (χ3v) is 4.92. The SMILES string of the molecule is O=C(NCCn1nc(-n2cccn2)ccc1=O)c1c[nH]c(=O)n(CC2CCCO2)c1=O. The molecule has 1 aliphatic rings. The minimum absolute atomic E-state index is 0.0542. The van der Waals surface area contributed by atoms with Crippen LogP contribution in [0.3, 0.4) is 0 Å². The van der Waals surface area contributed by atoms with Crippen molar-refractivity contribution in [3.05, 3.63) is 73.5 Å². The molecule has 0 bridgehead atoms. The lowest BCUT2D eigenvalue weighted by Gasteiger charge is -2.12. The first-order valence-corrected chi connectivity index (χ1v) is 9.83. The maximum absolute atomic E-state index is 12.6. The Bertz CT molecular complexity index is 1240. The normalized spacial score (nSPS) is 15.8. The monoisotopic (exact) mass is 427 g/mol. The number of carbonyl (C=O) groups excluding carboxylic acids is 1. The zero-order chi connectivity index (χ0) is 21.8. The van der Waals surface area contributed by atoms with Gasteiger partial charge in [0.05, 0.1) is 19.2 Å². The summed E-state index contributed by atoms with van der Waals surface area (Å²) in [6.45, 7) is 0.826. The summed E-state index contributed by atoms with van der Waals surface area (Å²) in [4.78, 5) is 51.6. The number of rotatable bonds is 7. The molecule has 12 heteroatoms. The smallest absolute Gasteiger partial charge is 0.328 e. The van der Waals surface area contributed by atoms with Gasteiger partial charge in [0.25, 0.3) is 17.0 Å². The predicted molar refractivity (Wildman–Crippen MR) is 108 cm³/mol. The highest BCUT2D eigenvalue weighted by Gasteiger charge is 2.20. The van der Waals surface area contributed by atoms with Crippen molar-refractivity contribution in [1.29, 1.82) is 0 Å². The van der Waals surface area contributed by atoms with E-state index >= 15 is 0 Å². The number of aromatic nitrogens is 6. The quantitative estimate of drug-likeness (QED) is 0.486. The molecule has 4 rings (SSSR count). The van der Waals surface area contributed by atoms with Gasteiger partial charge in [-0.15, -0.1) is 5.10 Å². The van der Waals surface area contributed by atoms with Gasteiger partial charge in [0.2, 0.25) is 0 Å². The molecular formula is C19H21N7O5. The van der Waals surface area contributed by atoms with Gasteiger partial charge in [0, 0.05) is 37.8 Å². The number of nitrogens with zero attached hydrogens (tertiary/aromatic N) is 5. The van der Waals surface area contributed by atoms with Crippen LogP contribution in [-0.4, -0.2) is 54.3 Å². The molecule has 1 amide bonds. The second-order valence-electron chi connectivity index (χ2n) is 7.02. The number of hydrogen-bond donors (Lipinski definition) is 2. The Hall–Kier alpha value is -3.80. The summed E-state index contributed by atoms with van der Waals surface area (Å²) < 4.78 is 9.15. The Morgan fingerprint density at radius 1 is 1.29 bits per heavy atom. The van der Waals surface area contributed by atoms with Crippen LogP contribution in [0.25, 0.3) is 5.82 Å². The van der Waals surface area contributed by atoms with Crippen LogP contribution in [0.5, 0.6) is 0 Å². The molecule has 0 radical (unpaired) electrons.